The summed E-state index contributed by atoms with van der Waals surface area (Å²) in [7, 11) is 0. The molecule has 0 radical (unpaired) electrons. The summed E-state index contributed by atoms with van der Waals surface area (Å²) in [6.07, 6.45) is 1.75. The van der Waals surface area contributed by atoms with Gasteiger partial charge in [0.05, 0.1) is 12.3 Å². The fraction of sp³-hybridized carbons (Fsp3) is 0.190. The van der Waals surface area contributed by atoms with E-state index in [-0.39, 0.29) is 5.91 Å². The second kappa shape index (κ2) is 10.6. The van der Waals surface area contributed by atoms with Gasteiger partial charge in [0.15, 0.2) is 4.34 Å². The Morgan fingerprint density at radius 2 is 1.97 bits per heavy atom. The van der Waals surface area contributed by atoms with Crippen molar-refractivity contribution in [3.05, 3.63) is 72.8 Å². The van der Waals surface area contributed by atoms with Crippen LogP contribution in [0.15, 0.2) is 71.6 Å². The predicted molar refractivity (Wildman–Crippen MR) is 120 cm³/mol. The van der Waals surface area contributed by atoms with Gasteiger partial charge in [0.2, 0.25) is 11.0 Å². The average molecular weight is 427 g/mol. The number of nitrogens with one attached hydrogen (secondary N) is 2. The standard InChI is InChI=1S/C21H22N4O2S2/c1-3-14-22-20-24-25-21(29-20)28-18(15-10-6-5-7-11-15)19(26)23-16-12-8-9-13-17(16)27-4-2/h3,5-13,18H,1,4,14H2,2H3,(H,22,24)(H,23,26). The van der Waals surface area contributed by atoms with Gasteiger partial charge in [-0.1, -0.05) is 71.6 Å². The van der Waals surface area contributed by atoms with Crippen LogP contribution in [0.4, 0.5) is 10.8 Å². The first-order chi connectivity index (χ1) is 14.2. The van der Waals surface area contributed by atoms with Crippen molar-refractivity contribution in [2.45, 2.75) is 16.5 Å². The summed E-state index contributed by atoms with van der Waals surface area (Å²) >= 11 is 2.78. The molecule has 1 unspecified atom stereocenters. The van der Waals surface area contributed by atoms with Gasteiger partial charge in [0.1, 0.15) is 11.0 Å². The Hall–Kier alpha value is -2.84. The summed E-state index contributed by atoms with van der Waals surface area (Å²) in [5.41, 5.74) is 1.53. The lowest BCUT2D eigenvalue weighted by molar-refractivity contribution is -0.115. The highest BCUT2D eigenvalue weighted by atomic mass is 32.2. The third-order valence-electron chi connectivity index (χ3n) is 3.81. The zero-order valence-corrected chi connectivity index (χ0v) is 17.6. The maximum absolute atomic E-state index is 13.2. The van der Waals surface area contributed by atoms with Gasteiger partial charge in [-0.25, -0.2) is 0 Å². The molecule has 8 heteroatoms. The molecule has 0 aliphatic heterocycles. The van der Waals surface area contributed by atoms with Crippen LogP contribution >= 0.6 is 23.1 Å². The molecule has 1 amide bonds. The van der Waals surface area contributed by atoms with Crippen molar-refractivity contribution in [1.29, 1.82) is 0 Å². The summed E-state index contributed by atoms with van der Waals surface area (Å²) in [6.45, 7) is 6.72. The Labute approximate surface area is 178 Å². The van der Waals surface area contributed by atoms with E-state index in [4.69, 9.17) is 4.74 Å². The van der Waals surface area contributed by atoms with Crippen LogP contribution in [-0.2, 0) is 4.79 Å². The maximum atomic E-state index is 13.2. The monoisotopic (exact) mass is 426 g/mol. The second-order valence-corrected chi connectivity index (χ2v) is 8.20. The number of para-hydroxylation sites is 2. The van der Waals surface area contributed by atoms with Crippen LogP contribution in [0, 0.1) is 0 Å². The van der Waals surface area contributed by atoms with E-state index < -0.39 is 5.25 Å². The molecule has 0 fully saturated rings. The third-order valence-corrected chi connectivity index (χ3v) is 6.03. The SMILES string of the molecule is C=CCNc1nnc(SC(C(=O)Nc2ccccc2OCC)c2ccccc2)s1. The summed E-state index contributed by atoms with van der Waals surface area (Å²) in [6, 6.07) is 17.0. The molecule has 1 heterocycles. The molecule has 0 saturated heterocycles. The second-order valence-electron chi connectivity index (χ2n) is 5.87. The summed E-state index contributed by atoms with van der Waals surface area (Å²) < 4.78 is 6.33. The van der Waals surface area contributed by atoms with Gasteiger partial charge in [0, 0.05) is 6.54 Å². The minimum atomic E-state index is -0.480. The Morgan fingerprint density at radius 3 is 2.72 bits per heavy atom. The normalized spacial score (nSPS) is 11.5. The van der Waals surface area contributed by atoms with Crippen LogP contribution < -0.4 is 15.4 Å². The van der Waals surface area contributed by atoms with Gasteiger partial charge in [-0.15, -0.1) is 16.8 Å². The van der Waals surface area contributed by atoms with Crippen LogP contribution in [0.3, 0.4) is 0 Å². The highest BCUT2D eigenvalue weighted by Crippen LogP contribution is 2.39. The average Bonchev–Trinajstić information content (AvgIpc) is 3.20. The quantitative estimate of drug-likeness (QED) is 0.351. The number of thioether (sulfide) groups is 1. The van der Waals surface area contributed by atoms with Crippen molar-refractivity contribution in [3.8, 4) is 5.75 Å². The number of carbonyl (C=O) groups excluding carboxylic acids is 1. The fourth-order valence-corrected chi connectivity index (χ4v) is 4.49. The molecule has 1 aromatic heterocycles. The Morgan fingerprint density at radius 1 is 1.21 bits per heavy atom. The van der Waals surface area contributed by atoms with Gasteiger partial charge in [0.25, 0.3) is 0 Å². The van der Waals surface area contributed by atoms with E-state index in [1.807, 2.05) is 61.5 Å². The Bertz CT molecular complexity index is 947. The molecule has 0 saturated carbocycles. The molecule has 2 N–H and O–H groups in total. The molecule has 150 valence electrons. The van der Waals surface area contributed by atoms with Crippen LogP contribution in [0.1, 0.15) is 17.7 Å². The van der Waals surface area contributed by atoms with Crippen molar-refractivity contribution in [2.75, 3.05) is 23.8 Å². The van der Waals surface area contributed by atoms with E-state index in [2.05, 4.69) is 27.4 Å². The van der Waals surface area contributed by atoms with Gasteiger partial charge in [-0.2, -0.15) is 0 Å². The van der Waals surface area contributed by atoms with Gasteiger partial charge >= 0.3 is 0 Å². The van der Waals surface area contributed by atoms with Crippen molar-refractivity contribution in [2.24, 2.45) is 0 Å². The van der Waals surface area contributed by atoms with E-state index in [9.17, 15) is 4.79 Å². The number of carbonyl (C=O) groups is 1. The summed E-state index contributed by atoms with van der Waals surface area (Å²) in [5.74, 6) is 0.496. The number of ether oxygens (including phenoxy) is 1. The van der Waals surface area contributed by atoms with E-state index >= 15 is 0 Å². The third kappa shape index (κ3) is 5.82. The molecule has 29 heavy (non-hydrogen) atoms. The topological polar surface area (TPSA) is 76.1 Å². The Kier molecular flexibility index (Phi) is 7.66. The predicted octanol–water partition coefficient (Wildman–Crippen LogP) is 5.01. The molecular formula is C21H22N4O2S2. The van der Waals surface area contributed by atoms with Gasteiger partial charge < -0.3 is 15.4 Å². The first-order valence-corrected chi connectivity index (χ1v) is 10.8. The van der Waals surface area contributed by atoms with Crippen molar-refractivity contribution in [1.82, 2.24) is 10.2 Å². The number of nitrogens with zero attached hydrogens (tertiary/aromatic N) is 2. The number of amides is 1. The van der Waals surface area contributed by atoms with Crippen LogP contribution in [-0.4, -0.2) is 29.3 Å². The Balaban J connectivity index is 1.81. The number of anilines is 2. The smallest absolute Gasteiger partial charge is 0.242 e. The van der Waals surface area contributed by atoms with Crippen LogP contribution in [0.5, 0.6) is 5.75 Å². The lowest BCUT2D eigenvalue weighted by Gasteiger charge is -2.17. The molecular weight excluding hydrogens is 404 g/mol. The van der Waals surface area contributed by atoms with Crippen molar-refractivity contribution >= 4 is 39.8 Å². The fourth-order valence-electron chi connectivity index (χ4n) is 2.54. The zero-order valence-electron chi connectivity index (χ0n) is 16.0. The zero-order chi connectivity index (χ0) is 20.5. The van der Waals surface area contributed by atoms with Crippen molar-refractivity contribution in [3.63, 3.8) is 0 Å². The van der Waals surface area contributed by atoms with Crippen molar-refractivity contribution < 1.29 is 9.53 Å². The molecule has 3 rings (SSSR count). The number of benzene rings is 2. The van der Waals surface area contributed by atoms with E-state index in [1.54, 1.807) is 6.08 Å². The summed E-state index contributed by atoms with van der Waals surface area (Å²) in [5, 5.41) is 14.6. The first-order valence-electron chi connectivity index (χ1n) is 9.13. The molecule has 6 nitrogen and oxygen atoms in total. The highest BCUT2D eigenvalue weighted by molar-refractivity contribution is 8.02. The largest absolute Gasteiger partial charge is 0.492 e. The van der Waals surface area contributed by atoms with E-state index in [0.29, 0.717) is 34.1 Å². The highest BCUT2D eigenvalue weighted by Gasteiger charge is 2.25. The molecule has 3 aromatic rings. The first kappa shape index (κ1) is 20.9. The molecule has 0 aliphatic carbocycles. The van der Waals surface area contributed by atoms with E-state index in [0.717, 1.165) is 5.56 Å². The maximum Gasteiger partial charge on any atom is 0.242 e. The minimum absolute atomic E-state index is 0.149. The minimum Gasteiger partial charge on any atom is -0.492 e. The lowest BCUT2D eigenvalue weighted by Crippen LogP contribution is -2.19. The number of hydrogen-bond acceptors (Lipinski definition) is 7. The van der Waals surface area contributed by atoms with Gasteiger partial charge in [-0.05, 0) is 24.6 Å². The number of hydrogen-bond donors (Lipinski definition) is 2. The molecule has 0 bridgehead atoms. The molecule has 0 spiro atoms. The molecule has 2 aromatic carbocycles. The van der Waals surface area contributed by atoms with Crippen LogP contribution in [0.25, 0.3) is 0 Å². The molecule has 1 atom stereocenters. The van der Waals surface area contributed by atoms with E-state index in [1.165, 1.54) is 23.1 Å². The number of rotatable bonds is 10. The van der Waals surface area contributed by atoms with Crippen LogP contribution in [0.2, 0.25) is 0 Å². The lowest BCUT2D eigenvalue weighted by atomic mass is 10.1. The summed E-state index contributed by atoms with van der Waals surface area (Å²) in [4.78, 5) is 13.2. The number of aromatic nitrogens is 2. The van der Waals surface area contributed by atoms with Gasteiger partial charge in [-0.3, -0.25) is 4.79 Å². The molecule has 0 aliphatic rings.